The number of anilines is 1. The Kier molecular flexibility index (Phi) is 10.9. The van der Waals surface area contributed by atoms with Crippen LogP contribution in [0.4, 0.5) is 18.9 Å². The lowest BCUT2D eigenvalue weighted by atomic mass is 10.1. The fraction of sp³-hybridized carbons (Fsp3) is 0.310. The number of halogens is 5. The summed E-state index contributed by atoms with van der Waals surface area (Å²) in [6.07, 6.45) is -4.14. The number of carbonyl (C=O) groups is 2. The van der Waals surface area contributed by atoms with Crippen molar-refractivity contribution in [1.82, 2.24) is 10.2 Å². The maximum absolute atomic E-state index is 13.9. The van der Waals surface area contributed by atoms with Gasteiger partial charge in [0.25, 0.3) is 10.0 Å². The van der Waals surface area contributed by atoms with Crippen molar-refractivity contribution in [1.29, 1.82) is 0 Å². The fourth-order valence-corrected chi connectivity index (χ4v) is 5.86. The van der Waals surface area contributed by atoms with Gasteiger partial charge in [-0.3, -0.25) is 13.9 Å². The van der Waals surface area contributed by atoms with Crippen molar-refractivity contribution in [3.63, 3.8) is 0 Å². The molecule has 3 rings (SSSR count). The Bertz CT molecular complexity index is 1520. The summed E-state index contributed by atoms with van der Waals surface area (Å²) in [6.45, 7) is 4.03. The van der Waals surface area contributed by atoms with Crippen molar-refractivity contribution in [3.05, 3.63) is 94.0 Å². The van der Waals surface area contributed by atoms with Crippen molar-refractivity contribution in [2.45, 2.75) is 56.9 Å². The molecule has 0 aromatic heterocycles. The second-order valence-electron chi connectivity index (χ2n) is 9.62. The predicted octanol–water partition coefficient (Wildman–Crippen LogP) is 6.54. The van der Waals surface area contributed by atoms with E-state index < -0.39 is 46.2 Å². The van der Waals surface area contributed by atoms with Crippen LogP contribution in [0.3, 0.4) is 0 Å². The van der Waals surface area contributed by atoms with Crippen molar-refractivity contribution in [2.24, 2.45) is 0 Å². The second kappa shape index (κ2) is 13.8. The molecule has 3 aromatic carbocycles. The molecular formula is C29H30Cl2F3N3O4S. The van der Waals surface area contributed by atoms with E-state index in [2.05, 4.69) is 5.32 Å². The van der Waals surface area contributed by atoms with Crippen LogP contribution in [-0.4, -0.2) is 43.8 Å². The number of rotatable bonds is 11. The number of hydrogen-bond donors (Lipinski definition) is 1. The molecule has 0 fully saturated rings. The van der Waals surface area contributed by atoms with Gasteiger partial charge in [0.05, 0.1) is 16.1 Å². The highest BCUT2D eigenvalue weighted by molar-refractivity contribution is 7.92. The van der Waals surface area contributed by atoms with Crippen molar-refractivity contribution in [3.8, 4) is 0 Å². The molecule has 0 bridgehead atoms. The number of alkyl halides is 3. The lowest BCUT2D eigenvalue weighted by Gasteiger charge is -2.32. The van der Waals surface area contributed by atoms with E-state index in [4.69, 9.17) is 23.2 Å². The molecule has 2 amide bonds. The van der Waals surface area contributed by atoms with Crippen LogP contribution in [0.1, 0.15) is 38.3 Å². The highest BCUT2D eigenvalue weighted by Crippen LogP contribution is 2.33. The highest BCUT2D eigenvalue weighted by atomic mass is 35.5. The summed E-state index contributed by atoms with van der Waals surface area (Å²) >= 11 is 12.4. The van der Waals surface area contributed by atoms with Crippen LogP contribution >= 0.6 is 23.2 Å². The Morgan fingerprint density at radius 1 is 0.952 bits per heavy atom. The van der Waals surface area contributed by atoms with Gasteiger partial charge in [0.2, 0.25) is 11.8 Å². The molecule has 0 saturated heterocycles. The van der Waals surface area contributed by atoms with Crippen LogP contribution in [-0.2, 0) is 32.3 Å². The minimum atomic E-state index is -4.76. The summed E-state index contributed by atoms with van der Waals surface area (Å²) in [6, 6.07) is 14.0. The van der Waals surface area contributed by atoms with E-state index in [9.17, 15) is 31.2 Å². The molecule has 0 radical (unpaired) electrons. The first kappa shape index (κ1) is 33.2. The van der Waals surface area contributed by atoms with Gasteiger partial charge in [-0.25, -0.2) is 8.42 Å². The van der Waals surface area contributed by atoms with Gasteiger partial charge >= 0.3 is 6.18 Å². The third-order valence-corrected chi connectivity index (χ3v) is 8.97. The van der Waals surface area contributed by atoms with Gasteiger partial charge in [-0.05, 0) is 68.3 Å². The number of amides is 2. The summed E-state index contributed by atoms with van der Waals surface area (Å²) in [5.74, 6) is -1.34. The highest BCUT2D eigenvalue weighted by Gasteiger charge is 2.35. The third-order valence-electron chi connectivity index (χ3n) is 6.60. The first-order valence-electron chi connectivity index (χ1n) is 12.9. The van der Waals surface area contributed by atoms with E-state index in [0.29, 0.717) is 27.4 Å². The van der Waals surface area contributed by atoms with Gasteiger partial charge in [-0.2, -0.15) is 13.2 Å². The van der Waals surface area contributed by atoms with Gasteiger partial charge < -0.3 is 10.2 Å². The first-order chi connectivity index (χ1) is 19.6. The molecule has 2 atom stereocenters. The molecule has 7 nitrogen and oxygen atoms in total. The Labute approximate surface area is 253 Å². The standard InChI is InChI=1S/C29H30Cl2F3N3O4S/c1-4-19(2)35-28(39)20(3)36(17-21-13-14-23(30)16-26(21)31)27(38)18-37(42(40,41)25-11-6-5-7-12-25)24-10-8-9-22(15-24)29(32,33)34/h5-16,19-20H,4,17-18H2,1-3H3,(H,35,39)/t19-,20-/m0/s1. The van der Waals surface area contributed by atoms with Crippen LogP contribution in [0, 0.1) is 0 Å². The Morgan fingerprint density at radius 3 is 2.21 bits per heavy atom. The second-order valence-corrected chi connectivity index (χ2v) is 12.3. The lowest BCUT2D eigenvalue weighted by molar-refractivity contribution is -0.139. The average molecular weight is 645 g/mol. The molecular weight excluding hydrogens is 614 g/mol. The van der Waals surface area contributed by atoms with Crippen molar-refractivity contribution in [2.75, 3.05) is 10.8 Å². The Balaban J connectivity index is 2.10. The Morgan fingerprint density at radius 2 is 1.62 bits per heavy atom. The number of carbonyl (C=O) groups excluding carboxylic acids is 2. The molecule has 0 aliphatic heterocycles. The van der Waals surface area contributed by atoms with E-state index in [1.807, 2.05) is 6.92 Å². The maximum Gasteiger partial charge on any atom is 0.416 e. The number of hydrogen-bond acceptors (Lipinski definition) is 4. The number of nitrogens with one attached hydrogen (secondary N) is 1. The molecule has 0 heterocycles. The predicted molar refractivity (Wildman–Crippen MR) is 157 cm³/mol. The average Bonchev–Trinajstić information content (AvgIpc) is 2.94. The van der Waals surface area contributed by atoms with Gasteiger partial charge in [-0.1, -0.05) is 60.5 Å². The largest absolute Gasteiger partial charge is 0.416 e. The van der Waals surface area contributed by atoms with E-state index in [-0.39, 0.29) is 28.2 Å². The SMILES string of the molecule is CC[C@H](C)NC(=O)[C@H](C)N(Cc1ccc(Cl)cc1Cl)C(=O)CN(c1cccc(C(F)(F)F)c1)S(=O)(=O)c1ccccc1. The van der Waals surface area contributed by atoms with E-state index in [1.165, 1.54) is 43.3 Å². The zero-order valence-electron chi connectivity index (χ0n) is 23.0. The molecule has 3 aromatic rings. The van der Waals surface area contributed by atoms with E-state index >= 15 is 0 Å². The van der Waals surface area contributed by atoms with E-state index in [1.54, 1.807) is 25.1 Å². The molecule has 226 valence electrons. The molecule has 0 spiro atoms. The molecule has 0 saturated carbocycles. The van der Waals surface area contributed by atoms with Crippen LogP contribution in [0.2, 0.25) is 10.0 Å². The monoisotopic (exact) mass is 643 g/mol. The van der Waals surface area contributed by atoms with Gasteiger partial charge in [0, 0.05) is 22.6 Å². The van der Waals surface area contributed by atoms with Crippen LogP contribution in [0.15, 0.2) is 77.7 Å². The van der Waals surface area contributed by atoms with E-state index in [0.717, 1.165) is 17.0 Å². The number of sulfonamides is 1. The van der Waals surface area contributed by atoms with Crippen LogP contribution < -0.4 is 9.62 Å². The van der Waals surface area contributed by atoms with Crippen LogP contribution in [0.5, 0.6) is 0 Å². The first-order valence-corrected chi connectivity index (χ1v) is 15.1. The molecule has 1 N–H and O–H groups in total. The summed E-state index contributed by atoms with van der Waals surface area (Å²) in [5, 5.41) is 3.35. The number of benzene rings is 3. The summed E-state index contributed by atoms with van der Waals surface area (Å²) < 4.78 is 68.8. The smallest absolute Gasteiger partial charge is 0.352 e. The normalized spacial score (nSPS) is 13.2. The lowest BCUT2D eigenvalue weighted by Crippen LogP contribution is -2.52. The molecule has 13 heteroatoms. The zero-order chi connectivity index (χ0) is 31.2. The topological polar surface area (TPSA) is 86.8 Å². The summed E-state index contributed by atoms with van der Waals surface area (Å²) in [4.78, 5) is 27.9. The third kappa shape index (κ3) is 8.17. The summed E-state index contributed by atoms with van der Waals surface area (Å²) in [5.41, 5.74) is -1.04. The zero-order valence-corrected chi connectivity index (χ0v) is 25.4. The number of nitrogens with zero attached hydrogens (tertiary/aromatic N) is 2. The van der Waals surface area contributed by atoms with Gasteiger partial charge in [-0.15, -0.1) is 0 Å². The fourth-order valence-electron chi connectivity index (χ4n) is 3.97. The van der Waals surface area contributed by atoms with Crippen LogP contribution in [0.25, 0.3) is 0 Å². The van der Waals surface area contributed by atoms with Gasteiger partial charge in [0.1, 0.15) is 12.6 Å². The maximum atomic E-state index is 13.9. The molecule has 0 aliphatic rings. The van der Waals surface area contributed by atoms with Crippen molar-refractivity contribution < 1.29 is 31.2 Å². The molecule has 0 unspecified atom stereocenters. The molecule has 42 heavy (non-hydrogen) atoms. The minimum Gasteiger partial charge on any atom is -0.352 e. The Hall–Kier alpha value is -3.28. The molecule has 0 aliphatic carbocycles. The van der Waals surface area contributed by atoms with Gasteiger partial charge in [0.15, 0.2) is 0 Å². The summed E-state index contributed by atoms with van der Waals surface area (Å²) in [7, 11) is -4.53. The van der Waals surface area contributed by atoms with Crippen molar-refractivity contribution >= 4 is 50.7 Å². The quantitative estimate of drug-likeness (QED) is 0.257. The minimum absolute atomic E-state index is 0.203.